The SMILES string of the molecule is Cc1ccc(S(=O)(=O)NCC(C)CO)cc1N(C)C. The number of hydrogen-bond acceptors (Lipinski definition) is 4. The quantitative estimate of drug-likeness (QED) is 0.817. The van der Waals surface area contributed by atoms with Crippen LogP contribution in [0, 0.1) is 12.8 Å². The summed E-state index contributed by atoms with van der Waals surface area (Å²) in [5.74, 6) is -0.103. The lowest BCUT2D eigenvalue weighted by Gasteiger charge is -2.17. The van der Waals surface area contributed by atoms with Gasteiger partial charge >= 0.3 is 0 Å². The van der Waals surface area contributed by atoms with Crippen LogP contribution in [0.4, 0.5) is 5.69 Å². The van der Waals surface area contributed by atoms with Gasteiger partial charge in [0.2, 0.25) is 10.0 Å². The van der Waals surface area contributed by atoms with Crippen LogP contribution in [0.5, 0.6) is 0 Å². The number of nitrogens with one attached hydrogen (secondary N) is 1. The van der Waals surface area contributed by atoms with Gasteiger partial charge in [-0.2, -0.15) is 0 Å². The van der Waals surface area contributed by atoms with Crippen molar-refractivity contribution in [3.8, 4) is 0 Å². The minimum Gasteiger partial charge on any atom is -0.396 e. The molecule has 0 spiro atoms. The predicted molar refractivity (Wildman–Crippen MR) is 76.9 cm³/mol. The Morgan fingerprint density at radius 3 is 2.53 bits per heavy atom. The first-order chi connectivity index (χ1) is 8.77. The largest absolute Gasteiger partial charge is 0.396 e. The molecule has 6 heteroatoms. The molecule has 1 atom stereocenters. The standard InChI is InChI=1S/C13H22N2O3S/c1-10(9-16)8-14-19(17,18)12-6-5-11(2)13(7-12)15(3)4/h5-7,10,14,16H,8-9H2,1-4H3. The average molecular weight is 286 g/mol. The Balaban J connectivity index is 2.99. The van der Waals surface area contributed by atoms with Gasteiger partial charge in [0.15, 0.2) is 0 Å². The summed E-state index contributed by atoms with van der Waals surface area (Å²) < 4.78 is 26.8. The third-order valence-electron chi connectivity index (χ3n) is 2.91. The molecule has 5 nitrogen and oxygen atoms in total. The molecule has 0 aliphatic rings. The summed E-state index contributed by atoms with van der Waals surface area (Å²) in [5.41, 5.74) is 1.89. The van der Waals surface area contributed by atoms with Crippen molar-refractivity contribution in [1.82, 2.24) is 4.72 Å². The fraction of sp³-hybridized carbons (Fsp3) is 0.538. The number of aliphatic hydroxyl groups excluding tert-OH is 1. The van der Waals surface area contributed by atoms with Gasteiger partial charge in [0.05, 0.1) is 4.90 Å². The van der Waals surface area contributed by atoms with E-state index in [2.05, 4.69) is 4.72 Å². The highest BCUT2D eigenvalue weighted by atomic mass is 32.2. The lowest BCUT2D eigenvalue weighted by atomic mass is 10.2. The van der Waals surface area contributed by atoms with Gasteiger partial charge in [-0.15, -0.1) is 0 Å². The Bertz CT molecular complexity index is 527. The highest BCUT2D eigenvalue weighted by Gasteiger charge is 2.16. The third kappa shape index (κ3) is 4.19. The van der Waals surface area contributed by atoms with Crippen LogP contribution in [0.1, 0.15) is 12.5 Å². The van der Waals surface area contributed by atoms with Crippen molar-refractivity contribution in [2.75, 3.05) is 32.1 Å². The van der Waals surface area contributed by atoms with Crippen LogP contribution in [0.3, 0.4) is 0 Å². The molecule has 0 saturated heterocycles. The van der Waals surface area contributed by atoms with Crippen LogP contribution in [0.2, 0.25) is 0 Å². The van der Waals surface area contributed by atoms with E-state index in [1.807, 2.05) is 25.9 Å². The molecule has 1 rings (SSSR count). The first-order valence-corrected chi connectivity index (χ1v) is 7.64. The molecule has 0 aliphatic carbocycles. The van der Waals surface area contributed by atoms with Gasteiger partial charge in [0.25, 0.3) is 0 Å². The Hall–Kier alpha value is -1.11. The van der Waals surface area contributed by atoms with Crippen molar-refractivity contribution < 1.29 is 13.5 Å². The van der Waals surface area contributed by atoms with E-state index in [1.165, 1.54) is 0 Å². The number of aliphatic hydroxyl groups is 1. The second-order valence-electron chi connectivity index (χ2n) is 4.98. The molecule has 0 heterocycles. The minimum atomic E-state index is -3.53. The van der Waals surface area contributed by atoms with E-state index in [0.29, 0.717) is 0 Å². The third-order valence-corrected chi connectivity index (χ3v) is 4.33. The van der Waals surface area contributed by atoms with Crippen molar-refractivity contribution >= 4 is 15.7 Å². The summed E-state index contributed by atoms with van der Waals surface area (Å²) in [6.45, 7) is 3.90. The monoisotopic (exact) mass is 286 g/mol. The van der Waals surface area contributed by atoms with E-state index in [4.69, 9.17) is 5.11 Å². The molecule has 0 aromatic heterocycles. The van der Waals surface area contributed by atoms with Crippen LogP contribution < -0.4 is 9.62 Å². The smallest absolute Gasteiger partial charge is 0.240 e. The molecule has 1 aromatic rings. The summed E-state index contributed by atoms with van der Waals surface area (Å²) >= 11 is 0. The summed E-state index contributed by atoms with van der Waals surface area (Å²) in [5, 5.41) is 8.91. The topological polar surface area (TPSA) is 69.6 Å². The van der Waals surface area contributed by atoms with E-state index < -0.39 is 10.0 Å². The molecule has 0 bridgehead atoms. The number of rotatable bonds is 6. The molecule has 19 heavy (non-hydrogen) atoms. The molecule has 1 unspecified atom stereocenters. The van der Waals surface area contributed by atoms with Gasteiger partial charge in [0.1, 0.15) is 0 Å². The number of hydrogen-bond donors (Lipinski definition) is 2. The number of nitrogens with zero attached hydrogens (tertiary/aromatic N) is 1. The van der Waals surface area contributed by atoms with E-state index >= 15 is 0 Å². The van der Waals surface area contributed by atoms with Gasteiger partial charge in [-0.25, -0.2) is 13.1 Å². The van der Waals surface area contributed by atoms with Gasteiger partial charge in [-0.1, -0.05) is 13.0 Å². The first kappa shape index (κ1) is 15.9. The Labute approximate surface area is 115 Å². The lowest BCUT2D eigenvalue weighted by molar-refractivity contribution is 0.238. The van der Waals surface area contributed by atoms with Gasteiger partial charge < -0.3 is 10.0 Å². The average Bonchev–Trinajstić information content (AvgIpc) is 2.35. The van der Waals surface area contributed by atoms with Crippen molar-refractivity contribution in [1.29, 1.82) is 0 Å². The second kappa shape index (κ2) is 6.36. The highest BCUT2D eigenvalue weighted by molar-refractivity contribution is 7.89. The Kier molecular flexibility index (Phi) is 5.34. The molecular weight excluding hydrogens is 264 g/mol. The van der Waals surface area contributed by atoms with Gasteiger partial charge in [-0.05, 0) is 30.5 Å². The van der Waals surface area contributed by atoms with Crippen molar-refractivity contribution in [3.63, 3.8) is 0 Å². The van der Waals surface area contributed by atoms with Crippen molar-refractivity contribution in [2.24, 2.45) is 5.92 Å². The first-order valence-electron chi connectivity index (χ1n) is 6.16. The summed E-state index contributed by atoms with van der Waals surface area (Å²) in [4.78, 5) is 2.12. The van der Waals surface area contributed by atoms with E-state index in [-0.39, 0.29) is 24.0 Å². The predicted octanol–water partition coefficient (Wildman–Crippen LogP) is 0.968. The van der Waals surface area contributed by atoms with Crippen LogP contribution in [-0.4, -0.2) is 40.8 Å². The molecule has 0 saturated carbocycles. The number of benzene rings is 1. The van der Waals surface area contributed by atoms with Crippen molar-refractivity contribution in [3.05, 3.63) is 23.8 Å². The zero-order valence-electron chi connectivity index (χ0n) is 11.8. The van der Waals surface area contributed by atoms with E-state index in [9.17, 15) is 8.42 Å². The maximum absolute atomic E-state index is 12.1. The van der Waals surface area contributed by atoms with E-state index in [0.717, 1.165) is 11.3 Å². The molecular formula is C13H22N2O3S. The highest BCUT2D eigenvalue weighted by Crippen LogP contribution is 2.22. The molecule has 0 aliphatic heterocycles. The molecule has 0 fully saturated rings. The Morgan fingerprint density at radius 1 is 1.37 bits per heavy atom. The summed E-state index contributed by atoms with van der Waals surface area (Å²) in [6.07, 6.45) is 0. The lowest BCUT2D eigenvalue weighted by Crippen LogP contribution is -2.29. The summed E-state index contributed by atoms with van der Waals surface area (Å²) in [6, 6.07) is 5.04. The van der Waals surface area contributed by atoms with Crippen LogP contribution in [0.25, 0.3) is 0 Å². The maximum atomic E-state index is 12.1. The molecule has 108 valence electrons. The Morgan fingerprint density at radius 2 is 2.00 bits per heavy atom. The number of aryl methyl sites for hydroxylation is 1. The molecule has 2 N–H and O–H groups in total. The summed E-state index contributed by atoms with van der Waals surface area (Å²) in [7, 11) is 0.224. The zero-order valence-corrected chi connectivity index (χ0v) is 12.7. The van der Waals surface area contributed by atoms with Crippen molar-refractivity contribution in [2.45, 2.75) is 18.7 Å². The molecule has 0 amide bonds. The zero-order chi connectivity index (χ0) is 14.6. The fourth-order valence-electron chi connectivity index (χ4n) is 1.64. The van der Waals surface area contributed by atoms with Gasteiger partial charge in [-0.3, -0.25) is 0 Å². The van der Waals surface area contributed by atoms with Gasteiger partial charge in [0, 0.05) is 32.9 Å². The normalized spacial score (nSPS) is 13.3. The van der Waals surface area contributed by atoms with Crippen LogP contribution in [-0.2, 0) is 10.0 Å². The van der Waals surface area contributed by atoms with Crippen LogP contribution in [0.15, 0.2) is 23.1 Å². The number of sulfonamides is 1. The van der Waals surface area contributed by atoms with Crippen LogP contribution >= 0.6 is 0 Å². The van der Waals surface area contributed by atoms with E-state index in [1.54, 1.807) is 25.1 Å². The maximum Gasteiger partial charge on any atom is 0.240 e. The molecule has 1 aromatic carbocycles. The fourth-order valence-corrected chi connectivity index (χ4v) is 2.82. The second-order valence-corrected chi connectivity index (χ2v) is 6.75. The minimum absolute atomic E-state index is 0.0423. The number of anilines is 1. The molecule has 0 radical (unpaired) electrons.